The van der Waals surface area contributed by atoms with Crippen molar-refractivity contribution in [3.63, 3.8) is 0 Å². The molecule has 2 heteroatoms. The van der Waals surface area contributed by atoms with Crippen molar-refractivity contribution in [1.29, 1.82) is 0 Å². The van der Waals surface area contributed by atoms with Crippen LogP contribution in [0.1, 0.15) is 36.4 Å². The van der Waals surface area contributed by atoms with E-state index in [0.717, 1.165) is 19.4 Å². The van der Waals surface area contributed by atoms with Gasteiger partial charge in [0.2, 0.25) is 0 Å². The summed E-state index contributed by atoms with van der Waals surface area (Å²) >= 11 is 0. The first kappa shape index (κ1) is 10.7. The lowest BCUT2D eigenvalue weighted by molar-refractivity contribution is 0.288. The monoisotopic (exact) mass is 205 g/mol. The molecule has 1 atom stereocenters. The molecule has 0 bridgehead atoms. The van der Waals surface area contributed by atoms with Gasteiger partial charge in [0.15, 0.2) is 0 Å². The van der Waals surface area contributed by atoms with Gasteiger partial charge >= 0.3 is 0 Å². The Balaban J connectivity index is 1.96. The predicted molar refractivity (Wildman–Crippen MR) is 61.8 cm³/mol. The molecule has 0 aromatic heterocycles. The summed E-state index contributed by atoms with van der Waals surface area (Å²) in [5, 5.41) is 12.2. The van der Waals surface area contributed by atoms with Crippen LogP contribution in [-0.2, 0) is 6.42 Å². The molecule has 1 aliphatic rings. The number of aliphatic hydroxyl groups excluding tert-OH is 1. The number of benzene rings is 1. The summed E-state index contributed by atoms with van der Waals surface area (Å²) in [4.78, 5) is 0. The van der Waals surface area contributed by atoms with Gasteiger partial charge in [0.1, 0.15) is 0 Å². The molecule has 2 N–H and O–H groups in total. The number of hydrogen-bond donors (Lipinski definition) is 2. The van der Waals surface area contributed by atoms with E-state index in [4.69, 9.17) is 5.11 Å². The van der Waals surface area contributed by atoms with Crippen LogP contribution in [0, 0.1) is 0 Å². The third-order valence-electron chi connectivity index (χ3n) is 3.07. The Morgan fingerprint density at radius 3 is 2.67 bits per heavy atom. The summed E-state index contributed by atoms with van der Waals surface area (Å²) in [7, 11) is 0. The zero-order chi connectivity index (χ0) is 10.5. The molecule has 0 aliphatic carbocycles. The summed E-state index contributed by atoms with van der Waals surface area (Å²) in [6.07, 6.45) is 4.39. The normalized spacial score (nSPS) is 20.7. The Bertz CT molecular complexity index is 288. The van der Waals surface area contributed by atoms with Crippen molar-refractivity contribution in [2.75, 3.05) is 13.2 Å². The number of aliphatic hydroxyl groups is 1. The summed E-state index contributed by atoms with van der Waals surface area (Å²) < 4.78 is 0. The molecule has 2 nitrogen and oxygen atoms in total. The fourth-order valence-electron chi connectivity index (χ4n) is 2.17. The first-order chi connectivity index (χ1) is 7.40. The second-order valence-corrected chi connectivity index (χ2v) is 4.22. The van der Waals surface area contributed by atoms with Crippen molar-refractivity contribution in [1.82, 2.24) is 5.32 Å². The first-order valence-electron chi connectivity index (χ1n) is 5.83. The average Bonchev–Trinajstić information content (AvgIpc) is 2.80. The largest absolute Gasteiger partial charge is 0.396 e. The Hall–Kier alpha value is -0.860. The lowest BCUT2D eigenvalue weighted by atomic mass is 10.0. The summed E-state index contributed by atoms with van der Waals surface area (Å²) in [5.74, 6) is 0. The zero-order valence-electron chi connectivity index (χ0n) is 9.08. The van der Waals surface area contributed by atoms with Crippen molar-refractivity contribution in [3.8, 4) is 0 Å². The van der Waals surface area contributed by atoms with Crippen LogP contribution in [0.4, 0.5) is 0 Å². The molecule has 1 saturated heterocycles. The summed E-state index contributed by atoms with van der Waals surface area (Å²) in [6, 6.07) is 9.37. The van der Waals surface area contributed by atoms with Crippen LogP contribution >= 0.6 is 0 Å². The van der Waals surface area contributed by atoms with Gasteiger partial charge in [-0.2, -0.15) is 0 Å². The highest BCUT2D eigenvalue weighted by Crippen LogP contribution is 2.23. The SMILES string of the molecule is OCCCc1ccc(C2CCCN2)cc1. The van der Waals surface area contributed by atoms with E-state index in [1.165, 1.54) is 24.0 Å². The second-order valence-electron chi connectivity index (χ2n) is 4.22. The van der Waals surface area contributed by atoms with Crippen LogP contribution in [0.3, 0.4) is 0 Å². The molecule has 1 heterocycles. The van der Waals surface area contributed by atoms with Gasteiger partial charge in [0.05, 0.1) is 0 Å². The van der Waals surface area contributed by atoms with Crippen molar-refractivity contribution >= 4 is 0 Å². The minimum atomic E-state index is 0.284. The quantitative estimate of drug-likeness (QED) is 0.788. The molecule has 15 heavy (non-hydrogen) atoms. The van der Waals surface area contributed by atoms with E-state index in [2.05, 4.69) is 29.6 Å². The average molecular weight is 205 g/mol. The maximum atomic E-state index is 8.74. The standard InChI is InChI=1S/C13H19NO/c15-10-2-3-11-5-7-12(8-6-11)13-4-1-9-14-13/h5-8,13-15H,1-4,9-10H2. The van der Waals surface area contributed by atoms with Crippen molar-refractivity contribution in [3.05, 3.63) is 35.4 Å². The second kappa shape index (κ2) is 5.29. The van der Waals surface area contributed by atoms with Gasteiger partial charge in [-0.1, -0.05) is 24.3 Å². The molecule has 1 aromatic rings. The van der Waals surface area contributed by atoms with Gasteiger partial charge in [-0.15, -0.1) is 0 Å². The maximum Gasteiger partial charge on any atom is 0.0434 e. The fourth-order valence-corrected chi connectivity index (χ4v) is 2.17. The lowest BCUT2D eigenvalue weighted by Crippen LogP contribution is -2.12. The van der Waals surface area contributed by atoms with E-state index in [0.29, 0.717) is 6.04 Å². The van der Waals surface area contributed by atoms with Crippen LogP contribution < -0.4 is 5.32 Å². The van der Waals surface area contributed by atoms with Crippen LogP contribution in [0.25, 0.3) is 0 Å². The highest BCUT2D eigenvalue weighted by molar-refractivity contribution is 5.25. The number of rotatable bonds is 4. The molecule has 2 rings (SSSR count). The van der Waals surface area contributed by atoms with E-state index >= 15 is 0 Å². The highest BCUT2D eigenvalue weighted by Gasteiger charge is 2.15. The molecular weight excluding hydrogens is 186 g/mol. The van der Waals surface area contributed by atoms with Crippen LogP contribution in [0.15, 0.2) is 24.3 Å². The number of aryl methyl sites for hydroxylation is 1. The van der Waals surface area contributed by atoms with Crippen molar-refractivity contribution in [2.45, 2.75) is 31.7 Å². The van der Waals surface area contributed by atoms with Gasteiger partial charge in [0, 0.05) is 12.6 Å². The first-order valence-corrected chi connectivity index (χ1v) is 5.83. The Labute approximate surface area is 91.3 Å². The molecule has 1 unspecified atom stereocenters. The predicted octanol–water partition coefficient (Wildman–Crippen LogP) is 2.04. The van der Waals surface area contributed by atoms with Gasteiger partial charge in [-0.05, 0) is 43.4 Å². The topological polar surface area (TPSA) is 32.3 Å². The summed E-state index contributed by atoms with van der Waals surface area (Å²) in [5.41, 5.74) is 2.73. The molecule has 1 fully saturated rings. The fraction of sp³-hybridized carbons (Fsp3) is 0.538. The summed E-state index contributed by atoms with van der Waals surface area (Å²) in [6.45, 7) is 1.43. The third kappa shape index (κ3) is 2.80. The van der Waals surface area contributed by atoms with Crippen molar-refractivity contribution < 1.29 is 5.11 Å². The Kier molecular flexibility index (Phi) is 3.75. The molecule has 1 aliphatic heterocycles. The van der Waals surface area contributed by atoms with Crippen LogP contribution in [-0.4, -0.2) is 18.3 Å². The molecule has 0 spiro atoms. The smallest absolute Gasteiger partial charge is 0.0434 e. The van der Waals surface area contributed by atoms with E-state index in [-0.39, 0.29) is 6.61 Å². The van der Waals surface area contributed by atoms with Gasteiger partial charge < -0.3 is 10.4 Å². The van der Waals surface area contributed by atoms with E-state index in [9.17, 15) is 0 Å². The highest BCUT2D eigenvalue weighted by atomic mass is 16.2. The molecular formula is C13H19NO. The van der Waals surface area contributed by atoms with Gasteiger partial charge in [-0.25, -0.2) is 0 Å². The maximum absolute atomic E-state index is 8.74. The van der Waals surface area contributed by atoms with Gasteiger partial charge in [0.25, 0.3) is 0 Å². The molecule has 0 amide bonds. The lowest BCUT2D eigenvalue weighted by Gasteiger charge is -2.11. The van der Waals surface area contributed by atoms with E-state index < -0.39 is 0 Å². The number of hydrogen-bond acceptors (Lipinski definition) is 2. The van der Waals surface area contributed by atoms with Gasteiger partial charge in [-0.3, -0.25) is 0 Å². The molecule has 82 valence electrons. The third-order valence-corrected chi connectivity index (χ3v) is 3.07. The molecule has 0 radical (unpaired) electrons. The minimum Gasteiger partial charge on any atom is -0.396 e. The molecule has 0 saturated carbocycles. The van der Waals surface area contributed by atoms with E-state index in [1.807, 2.05) is 0 Å². The molecule has 1 aromatic carbocycles. The number of nitrogens with one attached hydrogen (secondary N) is 1. The Morgan fingerprint density at radius 2 is 2.07 bits per heavy atom. The van der Waals surface area contributed by atoms with Crippen LogP contribution in [0.5, 0.6) is 0 Å². The van der Waals surface area contributed by atoms with Crippen molar-refractivity contribution in [2.24, 2.45) is 0 Å². The minimum absolute atomic E-state index is 0.284. The Morgan fingerprint density at radius 1 is 1.27 bits per heavy atom. The zero-order valence-corrected chi connectivity index (χ0v) is 9.08. The van der Waals surface area contributed by atoms with E-state index in [1.54, 1.807) is 0 Å². The van der Waals surface area contributed by atoms with Crippen LogP contribution in [0.2, 0.25) is 0 Å².